The second kappa shape index (κ2) is 11.3. The Kier molecular flexibility index (Phi) is 8.42. The Hall–Kier alpha value is -3.50. The lowest BCUT2D eigenvalue weighted by Gasteiger charge is -2.29. The Labute approximate surface area is 206 Å². The number of hydrogen-bond acceptors (Lipinski definition) is 6. The maximum atomic E-state index is 14.2. The summed E-state index contributed by atoms with van der Waals surface area (Å²) in [4.78, 5) is 30.6. The lowest BCUT2D eigenvalue weighted by Crippen LogP contribution is -2.43. The van der Waals surface area contributed by atoms with Crippen molar-refractivity contribution in [2.75, 3.05) is 13.7 Å². The van der Waals surface area contributed by atoms with Gasteiger partial charge in [-0.25, -0.2) is 4.39 Å². The molecule has 0 fully saturated rings. The molecule has 3 aromatic rings. The summed E-state index contributed by atoms with van der Waals surface area (Å²) in [6.45, 7) is 1.21. The van der Waals surface area contributed by atoms with Crippen LogP contribution in [0.5, 0.6) is 0 Å². The van der Waals surface area contributed by atoms with Crippen LogP contribution in [0.3, 0.4) is 0 Å². The van der Waals surface area contributed by atoms with E-state index in [1.54, 1.807) is 24.3 Å². The zero-order valence-electron chi connectivity index (χ0n) is 19.2. The van der Waals surface area contributed by atoms with E-state index in [4.69, 9.17) is 16.4 Å². The third-order valence-electron chi connectivity index (χ3n) is 5.78. The van der Waals surface area contributed by atoms with Gasteiger partial charge in [0.05, 0.1) is 5.41 Å². The summed E-state index contributed by atoms with van der Waals surface area (Å²) in [6.07, 6.45) is 1.65. The molecule has 0 saturated heterocycles. The van der Waals surface area contributed by atoms with E-state index in [1.165, 1.54) is 38.4 Å². The van der Waals surface area contributed by atoms with Crippen molar-refractivity contribution >= 4 is 23.5 Å². The summed E-state index contributed by atoms with van der Waals surface area (Å²) in [6, 6.07) is 10.7. The van der Waals surface area contributed by atoms with Crippen molar-refractivity contribution in [1.82, 2.24) is 20.5 Å². The molecule has 0 aliphatic rings. The average molecular weight is 505 g/mol. The Morgan fingerprint density at radius 1 is 1.26 bits per heavy atom. The summed E-state index contributed by atoms with van der Waals surface area (Å²) in [5, 5.41) is 29.8. The summed E-state index contributed by atoms with van der Waals surface area (Å²) in [7, 11) is 1.37. The fourth-order valence-electron chi connectivity index (χ4n) is 3.79. The third kappa shape index (κ3) is 6.55. The van der Waals surface area contributed by atoms with E-state index in [9.17, 15) is 24.2 Å². The van der Waals surface area contributed by atoms with Crippen molar-refractivity contribution in [3.8, 4) is 11.1 Å². The number of aliphatic hydroxyl groups is 1. The van der Waals surface area contributed by atoms with E-state index in [-0.39, 0.29) is 31.6 Å². The van der Waals surface area contributed by atoms with Crippen molar-refractivity contribution in [3.05, 3.63) is 70.8 Å². The van der Waals surface area contributed by atoms with Crippen LogP contribution in [0.25, 0.3) is 11.1 Å². The summed E-state index contributed by atoms with van der Waals surface area (Å²) in [5.74, 6) is -2.03. The van der Waals surface area contributed by atoms with Gasteiger partial charge in [-0.3, -0.25) is 9.59 Å². The van der Waals surface area contributed by atoms with E-state index >= 15 is 0 Å². The molecule has 0 aliphatic heterocycles. The summed E-state index contributed by atoms with van der Waals surface area (Å²) < 4.78 is 14.2. The molecule has 3 rings (SSSR count). The standard InChI is InChI=1S/C24H26ClFN4O5/c1-24(9-10-31,23(33)34)13-18(27-22(32)21-14-30(35-2)29-28-21)11-15-3-5-16(6-4-15)19-12-17(25)7-8-20(19)26/h3-8,12,14,18,31H,9-11,13H2,1-2H3,(H,27,32)(H,33,34)/t18-,24?/m1/s1. The minimum absolute atomic E-state index is 0.00261. The number of aliphatic hydroxyl groups excluding tert-OH is 1. The second-order valence-electron chi connectivity index (χ2n) is 8.43. The molecule has 0 saturated carbocycles. The van der Waals surface area contributed by atoms with Gasteiger partial charge in [-0.1, -0.05) is 40.7 Å². The first-order valence-corrected chi connectivity index (χ1v) is 11.2. The first kappa shape index (κ1) is 26.1. The number of amides is 1. The number of rotatable bonds is 11. The van der Waals surface area contributed by atoms with Crippen LogP contribution >= 0.6 is 11.6 Å². The van der Waals surface area contributed by atoms with Gasteiger partial charge in [0.15, 0.2) is 5.69 Å². The molecule has 1 amide bonds. The Bertz CT molecular complexity index is 1190. The zero-order chi connectivity index (χ0) is 25.6. The normalized spacial score (nSPS) is 13.6. The number of nitrogens with zero attached hydrogens (tertiary/aromatic N) is 3. The van der Waals surface area contributed by atoms with Crippen LogP contribution in [0.15, 0.2) is 48.7 Å². The largest absolute Gasteiger partial charge is 0.481 e. The van der Waals surface area contributed by atoms with Crippen molar-refractivity contribution in [3.63, 3.8) is 0 Å². The van der Waals surface area contributed by atoms with Gasteiger partial charge < -0.3 is 20.4 Å². The van der Waals surface area contributed by atoms with Crippen LogP contribution in [0.1, 0.15) is 35.8 Å². The van der Waals surface area contributed by atoms with Crippen LogP contribution in [0.4, 0.5) is 4.39 Å². The predicted octanol–water partition coefficient (Wildman–Crippen LogP) is 3.00. The first-order chi connectivity index (χ1) is 16.6. The van der Waals surface area contributed by atoms with Crippen LogP contribution in [-0.4, -0.2) is 57.0 Å². The number of carbonyl (C=O) groups is 2. The zero-order valence-corrected chi connectivity index (χ0v) is 20.0. The molecule has 0 bridgehead atoms. The highest BCUT2D eigenvalue weighted by atomic mass is 35.5. The molecule has 11 heteroatoms. The van der Waals surface area contributed by atoms with Gasteiger partial charge in [-0.05, 0) is 60.7 Å². The number of aromatic nitrogens is 3. The molecule has 0 aliphatic carbocycles. The maximum absolute atomic E-state index is 14.2. The molecule has 2 atom stereocenters. The monoisotopic (exact) mass is 504 g/mol. The molecule has 9 nitrogen and oxygen atoms in total. The van der Waals surface area contributed by atoms with E-state index in [1.807, 2.05) is 0 Å². The Balaban J connectivity index is 1.84. The average Bonchev–Trinajstić information content (AvgIpc) is 3.31. The van der Waals surface area contributed by atoms with Crippen LogP contribution in [0, 0.1) is 11.2 Å². The number of aliphatic carboxylic acids is 1. The molecule has 1 aromatic heterocycles. The van der Waals surface area contributed by atoms with Crippen LogP contribution < -0.4 is 10.2 Å². The quantitative estimate of drug-likeness (QED) is 0.366. The number of carboxylic acid groups (broad SMARTS) is 1. The number of carboxylic acids is 1. The molecule has 0 spiro atoms. The molecule has 35 heavy (non-hydrogen) atoms. The molecule has 1 heterocycles. The highest BCUT2D eigenvalue weighted by Crippen LogP contribution is 2.30. The van der Waals surface area contributed by atoms with E-state index in [2.05, 4.69) is 15.6 Å². The van der Waals surface area contributed by atoms with Crippen molar-refractivity contribution in [2.24, 2.45) is 5.41 Å². The minimum atomic E-state index is -1.28. The fourth-order valence-corrected chi connectivity index (χ4v) is 3.96. The molecule has 1 unspecified atom stereocenters. The molecule has 186 valence electrons. The number of nitrogens with one attached hydrogen (secondary N) is 1. The summed E-state index contributed by atoms with van der Waals surface area (Å²) >= 11 is 6.00. The molecule has 2 aromatic carbocycles. The number of carbonyl (C=O) groups excluding carboxylic acids is 1. The molecule has 0 radical (unpaired) electrons. The van der Waals surface area contributed by atoms with Gasteiger partial charge in [0, 0.05) is 23.2 Å². The van der Waals surface area contributed by atoms with E-state index < -0.39 is 29.2 Å². The van der Waals surface area contributed by atoms with Gasteiger partial charge in [-0.2, -0.15) is 0 Å². The SMILES string of the molecule is COn1cc(C(=O)N[C@H](Cc2ccc(-c3cc(Cl)ccc3F)cc2)CC(C)(CCO)C(=O)O)nn1. The molecular formula is C24H26ClFN4O5. The topological polar surface area (TPSA) is 127 Å². The smallest absolute Gasteiger partial charge is 0.309 e. The van der Waals surface area contributed by atoms with Crippen molar-refractivity contribution in [2.45, 2.75) is 32.2 Å². The number of halogens is 2. The van der Waals surface area contributed by atoms with Gasteiger partial charge in [0.1, 0.15) is 19.1 Å². The Morgan fingerprint density at radius 3 is 2.57 bits per heavy atom. The minimum Gasteiger partial charge on any atom is -0.481 e. The van der Waals surface area contributed by atoms with Crippen LogP contribution in [0.2, 0.25) is 5.02 Å². The van der Waals surface area contributed by atoms with Gasteiger partial charge in [0.2, 0.25) is 0 Å². The lowest BCUT2D eigenvalue weighted by atomic mass is 9.79. The first-order valence-electron chi connectivity index (χ1n) is 10.8. The van der Waals surface area contributed by atoms with E-state index in [0.717, 1.165) is 10.4 Å². The summed E-state index contributed by atoms with van der Waals surface area (Å²) in [5.41, 5.74) is 0.500. The van der Waals surface area contributed by atoms with Crippen molar-refractivity contribution < 1.29 is 29.0 Å². The number of hydrogen-bond donors (Lipinski definition) is 3. The van der Waals surface area contributed by atoms with Crippen molar-refractivity contribution in [1.29, 1.82) is 0 Å². The number of benzene rings is 2. The second-order valence-corrected chi connectivity index (χ2v) is 8.86. The third-order valence-corrected chi connectivity index (χ3v) is 6.02. The van der Waals surface area contributed by atoms with Gasteiger partial charge in [-0.15, -0.1) is 5.10 Å². The van der Waals surface area contributed by atoms with Gasteiger partial charge >= 0.3 is 5.97 Å². The molecular weight excluding hydrogens is 479 g/mol. The maximum Gasteiger partial charge on any atom is 0.309 e. The Morgan fingerprint density at radius 2 is 1.97 bits per heavy atom. The predicted molar refractivity (Wildman–Crippen MR) is 126 cm³/mol. The van der Waals surface area contributed by atoms with Crippen LogP contribution in [-0.2, 0) is 11.2 Å². The fraction of sp³-hybridized carbons (Fsp3) is 0.333. The highest BCUT2D eigenvalue weighted by Gasteiger charge is 2.36. The highest BCUT2D eigenvalue weighted by molar-refractivity contribution is 6.30. The lowest BCUT2D eigenvalue weighted by molar-refractivity contribution is -0.149. The van der Waals surface area contributed by atoms with E-state index in [0.29, 0.717) is 16.1 Å². The van der Waals surface area contributed by atoms with Gasteiger partial charge in [0.25, 0.3) is 5.91 Å². The molecule has 3 N–H and O–H groups in total.